The third-order valence-electron chi connectivity index (χ3n) is 4.45. The summed E-state index contributed by atoms with van der Waals surface area (Å²) in [5.41, 5.74) is 4.18. The number of quaternary nitrogens is 1. The van der Waals surface area contributed by atoms with Gasteiger partial charge in [-0.2, -0.15) is 0 Å². The maximum atomic E-state index is 6.01. The lowest BCUT2D eigenvalue weighted by Gasteiger charge is -2.14. The van der Waals surface area contributed by atoms with Gasteiger partial charge < -0.3 is 27.6 Å². The molecule has 0 saturated carbocycles. The Labute approximate surface area is 165 Å². The van der Waals surface area contributed by atoms with Gasteiger partial charge in [-0.1, -0.05) is 72.8 Å². The fraction of sp³-hybridized carbons (Fsp3) is 0.130. The number of ether oxygens (including phenoxy) is 2. The summed E-state index contributed by atoms with van der Waals surface area (Å²) in [5.74, 6) is 1.78. The third-order valence-corrected chi connectivity index (χ3v) is 4.45. The van der Waals surface area contributed by atoms with Crippen LogP contribution in [0.5, 0.6) is 11.5 Å². The quantitative estimate of drug-likeness (QED) is 0.544. The molecule has 0 heterocycles. The molecular formula is C23H22ClNO2. The van der Waals surface area contributed by atoms with Crippen molar-refractivity contribution in [1.29, 1.82) is 0 Å². The van der Waals surface area contributed by atoms with Crippen LogP contribution in [-0.4, -0.2) is 19.3 Å². The SMILES string of the molecule is [Cl-].[NH3+]C(COc1cccc2ccccc12)COc1cccc2ccccc12. The molecule has 0 atom stereocenters. The van der Waals surface area contributed by atoms with Gasteiger partial charge in [0.05, 0.1) is 0 Å². The maximum absolute atomic E-state index is 6.01. The second kappa shape index (κ2) is 8.76. The molecule has 0 aliphatic heterocycles. The molecule has 4 aromatic carbocycles. The van der Waals surface area contributed by atoms with Crippen LogP contribution in [0.3, 0.4) is 0 Å². The van der Waals surface area contributed by atoms with Crippen LogP contribution < -0.4 is 27.6 Å². The van der Waals surface area contributed by atoms with E-state index in [-0.39, 0.29) is 18.4 Å². The molecule has 4 rings (SSSR count). The normalized spacial score (nSPS) is 10.7. The number of fused-ring (bicyclic) bond motifs is 2. The lowest BCUT2D eigenvalue weighted by Crippen LogP contribution is -3.00. The van der Waals surface area contributed by atoms with Gasteiger partial charge in [0.1, 0.15) is 24.7 Å². The minimum absolute atomic E-state index is 0. The first-order valence-corrected chi connectivity index (χ1v) is 8.85. The lowest BCUT2D eigenvalue weighted by molar-refractivity contribution is -0.427. The first-order valence-electron chi connectivity index (χ1n) is 8.85. The molecule has 0 unspecified atom stereocenters. The molecule has 0 saturated heterocycles. The number of benzene rings is 4. The number of hydrogen-bond acceptors (Lipinski definition) is 2. The van der Waals surface area contributed by atoms with E-state index in [1.54, 1.807) is 0 Å². The summed E-state index contributed by atoms with van der Waals surface area (Å²) >= 11 is 0. The molecule has 0 radical (unpaired) electrons. The van der Waals surface area contributed by atoms with Gasteiger partial charge >= 0.3 is 0 Å². The fourth-order valence-corrected chi connectivity index (χ4v) is 3.11. The Kier molecular flexibility index (Phi) is 6.17. The van der Waals surface area contributed by atoms with Crippen LogP contribution >= 0.6 is 0 Å². The molecule has 0 amide bonds. The van der Waals surface area contributed by atoms with Crippen LogP contribution in [0.15, 0.2) is 84.9 Å². The molecule has 0 fully saturated rings. The summed E-state index contributed by atoms with van der Waals surface area (Å²) in [6.07, 6.45) is 0. The number of halogens is 1. The van der Waals surface area contributed by atoms with Gasteiger partial charge in [0.15, 0.2) is 6.04 Å². The van der Waals surface area contributed by atoms with Crippen LogP contribution in [-0.2, 0) is 0 Å². The summed E-state index contributed by atoms with van der Waals surface area (Å²) in [6.45, 7) is 1.03. The molecule has 0 aliphatic rings. The van der Waals surface area contributed by atoms with E-state index in [2.05, 4.69) is 42.1 Å². The molecular weight excluding hydrogens is 358 g/mol. The van der Waals surface area contributed by atoms with Crippen LogP contribution in [0.25, 0.3) is 21.5 Å². The highest BCUT2D eigenvalue weighted by Crippen LogP contribution is 2.26. The Morgan fingerprint density at radius 3 is 1.48 bits per heavy atom. The molecule has 0 aromatic heterocycles. The van der Waals surface area contributed by atoms with Crippen LogP contribution in [0, 0.1) is 0 Å². The Morgan fingerprint density at radius 1 is 0.593 bits per heavy atom. The van der Waals surface area contributed by atoms with Gasteiger partial charge in [-0.3, -0.25) is 0 Å². The van der Waals surface area contributed by atoms with Crippen molar-refractivity contribution in [3.8, 4) is 11.5 Å². The predicted octanol–water partition coefficient (Wildman–Crippen LogP) is 1.07. The van der Waals surface area contributed by atoms with E-state index >= 15 is 0 Å². The summed E-state index contributed by atoms with van der Waals surface area (Å²) < 4.78 is 12.0. The zero-order valence-electron chi connectivity index (χ0n) is 15.0. The predicted molar refractivity (Wildman–Crippen MR) is 106 cm³/mol. The average Bonchev–Trinajstić information content (AvgIpc) is 2.70. The molecule has 27 heavy (non-hydrogen) atoms. The van der Waals surface area contributed by atoms with Crippen molar-refractivity contribution in [1.82, 2.24) is 0 Å². The first-order chi connectivity index (χ1) is 12.8. The number of hydrogen-bond donors (Lipinski definition) is 1. The van der Waals surface area contributed by atoms with Crippen molar-refractivity contribution in [2.75, 3.05) is 13.2 Å². The van der Waals surface area contributed by atoms with Gasteiger partial charge in [-0.15, -0.1) is 0 Å². The minimum atomic E-state index is 0. The highest BCUT2D eigenvalue weighted by Gasteiger charge is 2.11. The van der Waals surface area contributed by atoms with E-state index in [0.29, 0.717) is 13.2 Å². The monoisotopic (exact) mass is 379 g/mol. The van der Waals surface area contributed by atoms with Gasteiger partial charge in [0.2, 0.25) is 0 Å². The van der Waals surface area contributed by atoms with E-state index in [4.69, 9.17) is 9.47 Å². The smallest absolute Gasteiger partial charge is 0.153 e. The fourth-order valence-electron chi connectivity index (χ4n) is 3.11. The summed E-state index contributed by atoms with van der Waals surface area (Å²) in [4.78, 5) is 0. The van der Waals surface area contributed by atoms with Crippen molar-refractivity contribution in [3.05, 3.63) is 84.9 Å². The third kappa shape index (κ3) is 4.33. The highest BCUT2D eigenvalue weighted by atomic mass is 35.5. The molecule has 3 N–H and O–H groups in total. The molecule has 0 aliphatic carbocycles. The Bertz CT molecular complexity index is 941. The van der Waals surface area contributed by atoms with Crippen LogP contribution in [0.4, 0.5) is 0 Å². The van der Waals surface area contributed by atoms with Crippen molar-refractivity contribution >= 4 is 21.5 Å². The van der Waals surface area contributed by atoms with E-state index < -0.39 is 0 Å². The second-order valence-electron chi connectivity index (χ2n) is 6.44. The van der Waals surface area contributed by atoms with E-state index in [9.17, 15) is 0 Å². The molecule has 4 aromatic rings. The summed E-state index contributed by atoms with van der Waals surface area (Å²) in [7, 11) is 0. The maximum Gasteiger partial charge on any atom is 0.153 e. The average molecular weight is 380 g/mol. The molecule has 3 nitrogen and oxygen atoms in total. The summed E-state index contributed by atoms with van der Waals surface area (Å²) in [6, 6.07) is 28.7. The molecule has 0 spiro atoms. The van der Waals surface area contributed by atoms with Crippen LogP contribution in [0.1, 0.15) is 0 Å². The minimum Gasteiger partial charge on any atom is -1.00 e. The van der Waals surface area contributed by atoms with Gasteiger partial charge in [-0.25, -0.2) is 0 Å². The number of rotatable bonds is 6. The van der Waals surface area contributed by atoms with Crippen molar-refractivity contribution in [2.45, 2.75) is 6.04 Å². The van der Waals surface area contributed by atoms with Gasteiger partial charge in [-0.05, 0) is 22.9 Å². The Morgan fingerprint density at radius 2 is 1.00 bits per heavy atom. The van der Waals surface area contributed by atoms with Crippen molar-refractivity contribution < 1.29 is 27.6 Å². The van der Waals surface area contributed by atoms with Gasteiger partial charge in [0, 0.05) is 10.8 Å². The standard InChI is InChI=1S/C23H21NO2.ClH/c24-19(15-25-22-13-5-9-17-7-1-3-11-20(17)22)16-26-23-14-6-10-18-8-2-4-12-21(18)23;/h1-14,19H,15-16,24H2;1H. The Hall–Kier alpha value is -2.75. The van der Waals surface area contributed by atoms with Crippen molar-refractivity contribution in [2.24, 2.45) is 0 Å². The summed E-state index contributed by atoms with van der Waals surface area (Å²) in [5, 5.41) is 4.60. The van der Waals surface area contributed by atoms with E-state index in [1.807, 2.05) is 48.5 Å². The topological polar surface area (TPSA) is 46.1 Å². The van der Waals surface area contributed by atoms with Crippen molar-refractivity contribution in [3.63, 3.8) is 0 Å². The zero-order valence-corrected chi connectivity index (χ0v) is 15.7. The zero-order chi connectivity index (χ0) is 17.8. The molecule has 4 heteroatoms. The second-order valence-corrected chi connectivity index (χ2v) is 6.44. The molecule has 138 valence electrons. The first kappa shape index (κ1) is 19.0. The largest absolute Gasteiger partial charge is 1.00 e. The Balaban J connectivity index is 0.00000210. The van der Waals surface area contributed by atoms with E-state index in [0.717, 1.165) is 22.3 Å². The van der Waals surface area contributed by atoms with Gasteiger partial charge in [0.25, 0.3) is 0 Å². The lowest BCUT2D eigenvalue weighted by atomic mass is 10.1. The molecule has 0 bridgehead atoms. The van der Waals surface area contributed by atoms with Crippen LogP contribution in [0.2, 0.25) is 0 Å². The van der Waals surface area contributed by atoms with E-state index in [1.165, 1.54) is 10.8 Å². The highest BCUT2D eigenvalue weighted by molar-refractivity contribution is 5.88.